The van der Waals surface area contributed by atoms with Gasteiger partial charge in [0.25, 0.3) is 0 Å². The number of carbonyl (C=O) groups is 1. The number of piperazine rings is 1. The lowest BCUT2D eigenvalue weighted by atomic mass is 10.1. The van der Waals surface area contributed by atoms with Crippen molar-refractivity contribution in [3.63, 3.8) is 0 Å². The Bertz CT molecular complexity index is 636. The van der Waals surface area contributed by atoms with E-state index in [1.807, 2.05) is 33.5 Å². The van der Waals surface area contributed by atoms with Crippen LogP contribution in [0, 0.1) is 0 Å². The van der Waals surface area contributed by atoms with Crippen LogP contribution in [0.5, 0.6) is 0 Å². The number of urea groups is 1. The number of nitrogens with one attached hydrogen (secondary N) is 1. The Hall–Kier alpha value is -2.35. The second-order valence-corrected chi connectivity index (χ2v) is 5.87. The smallest absolute Gasteiger partial charge is 0.317 e. The maximum Gasteiger partial charge on any atom is 0.317 e. The van der Waals surface area contributed by atoms with Crippen LogP contribution in [0.1, 0.15) is 11.9 Å². The van der Waals surface area contributed by atoms with Gasteiger partial charge in [0, 0.05) is 64.6 Å². The molecule has 8 heteroatoms. The number of hydrogen-bond acceptors (Lipinski definition) is 4. The minimum Gasteiger partial charge on any atom is -0.337 e. The first-order valence-electron chi connectivity index (χ1n) is 7.81. The van der Waals surface area contributed by atoms with Crippen LogP contribution in [-0.4, -0.2) is 68.2 Å². The highest BCUT2D eigenvalue weighted by Gasteiger charge is 2.30. The van der Waals surface area contributed by atoms with Crippen molar-refractivity contribution in [3.8, 4) is 0 Å². The van der Waals surface area contributed by atoms with Gasteiger partial charge in [-0.2, -0.15) is 0 Å². The summed E-state index contributed by atoms with van der Waals surface area (Å²) in [4.78, 5) is 24.9. The van der Waals surface area contributed by atoms with E-state index in [2.05, 4.69) is 27.2 Å². The molecule has 1 N–H and O–H groups in total. The second kappa shape index (κ2) is 6.82. The van der Waals surface area contributed by atoms with E-state index in [4.69, 9.17) is 0 Å². The van der Waals surface area contributed by atoms with Crippen LogP contribution in [0.4, 0.5) is 4.79 Å². The van der Waals surface area contributed by atoms with Crippen LogP contribution in [0.15, 0.2) is 31.1 Å². The maximum atomic E-state index is 12.4. The largest absolute Gasteiger partial charge is 0.337 e. The minimum atomic E-state index is -0.0163. The molecule has 124 valence electrons. The quantitative estimate of drug-likeness (QED) is 0.881. The van der Waals surface area contributed by atoms with Gasteiger partial charge in [-0.25, -0.2) is 14.8 Å². The molecule has 1 aliphatic rings. The average Bonchev–Trinajstić information content (AvgIpc) is 3.19. The summed E-state index contributed by atoms with van der Waals surface area (Å²) in [5, 5.41) is 2.98. The van der Waals surface area contributed by atoms with Gasteiger partial charge >= 0.3 is 6.03 Å². The van der Waals surface area contributed by atoms with Crippen LogP contribution in [0.3, 0.4) is 0 Å². The van der Waals surface area contributed by atoms with Gasteiger partial charge in [-0.15, -0.1) is 0 Å². The number of amides is 2. The Kier molecular flexibility index (Phi) is 4.61. The molecule has 1 aliphatic heterocycles. The molecule has 0 saturated carbocycles. The molecule has 1 fully saturated rings. The van der Waals surface area contributed by atoms with Crippen LogP contribution in [-0.2, 0) is 13.6 Å². The van der Waals surface area contributed by atoms with Crippen molar-refractivity contribution in [1.82, 2.24) is 34.2 Å². The number of carbonyl (C=O) groups excluding carboxylic acids is 1. The number of nitrogens with zero attached hydrogens (tertiary/aromatic N) is 6. The molecule has 2 amide bonds. The zero-order valence-electron chi connectivity index (χ0n) is 13.6. The fourth-order valence-corrected chi connectivity index (χ4v) is 2.86. The number of aromatic nitrogens is 4. The van der Waals surface area contributed by atoms with Crippen LogP contribution >= 0.6 is 0 Å². The number of likely N-dealkylation sites (N-methyl/N-ethyl adjacent to an activating group) is 1. The number of hydrogen-bond donors (Lipinski definition) is 1. The molecule has 23 heavy (non-hydrogen) atoms. The Labute approximate surface area is 135 Å². The van der Waals surface area contributed by atoms with Crippen molar-refractivity contribution in [2.45, 2.75) is 12.6 Å². The predicted molar refractivity (Wildman–Crippen MR) is 85.8 cm³/mol. The molecule has 0 unspecified atom stereocenters. The molecule has 0 aromatic carbocycles. The summed E-state index contributed by atoms with van der Waals surface area (Å²) in [6, 6.07) is 0.112. The molecule has 8 nitrogen and oxygen atoms in total. The lowest BCUT2D eigenvalue weighted by molar-refractivity contribution is 0.104. The minimum absolute atomic E-state index is 0.0163. The monoisotopic (exact) mass is 317 g/mol. The molecule has 1 atom stereocenters. The fourth-order valence-electron chi connectivity index (χ4n) is 2.86. The molecular weight excluding hydrogens is 294 g/mol. The van der Waals surface area contributed by atoms with Gasteiger partial charge in [-0.05, 0) is 7.05 Å². The van der Waals surface area contributed by atoms with Gasteiger partial charge in [-0.1, -0.05) is 0 Å². The van der Waals surface area contributed by atoms with E-state index < -0.39 is 0 Å². The van der Waals surface area contributed by atoms with Gasteiger partial charge in [0.05, 0.1) is 12.4 Å². The van der Waals surface area contributed by atoms with Crippen molar-refractivity contribution < 1.29 is 4.79 Å². The van der Waals surface area contributed by atoms with E-state index in [9.17, 15) is 4.79 Å². The molecule has 2 aromatic heterocycles. The van der Waals surface area contributed by atoms with E-state index in [-0.39, 0.29) is 12.1 Å². The number of imidazole rings is 2. The van der Waals surface area contributed by atoms with Gasteiger partial charge < -0.3 is 19.4 Å². The third kappa shape index (κ3) is 3.53. The highest BCUT2D eigenvalue weighted by Crippen LogP contribution is 2.22. The Balaban J connectivity index is 1.55. The molecule has 3 heterocycles. The summed E-state index contributed by atoms with van der Waals surface area (Å²) < 4.78 is 3.96. The molecule has 0 aliphatic carbocycles. The van der Waals surface area contributed by atoms with E-state index in [0.717, 1.165) is 25.5 Å². The third-order valence-corrected chi connectivity index (χ3v) is 4.30. The first kappa shape index (κ1) is 15.5. The zero-order chi connectivity index (χ0) is 16.2. The molecule has 0 spiro atoms. The molecule has 2 aromatic rings. The highest BCUT2D eigenvalue weighted by molar-refractivity contribution is 5.74. The normalized spacial score (nSPS) is 19.0. The second-order valence-electron chi connectivity index (χ2n) is 5.87. The summed E-state index contributed by atoms with van der Waals surface area (Å²) in [7, 11) is 4.06. The summed E-state index contributed by atoms with van der Waals surface area (Å²) in [6.07, 6.45) is 9.11. The van der Waals surface area contributed by atoms with E-state index in [0.29, 0.717) is 13.1 Å². The van der Waals surface area contributed by atoms with Crippen molar-refractivity contribution >= 4 is 6.03 Å². The molecule has 0 radical (unpaired) electrons. The van der Waals surface area contributed by atoms with Gasteiger partial charge in [0.15, 0.2) is 0 Å². The number of aryl methyl sites for hydroxylation is 1. The summed E-state index contributed by atoms with van der Waals surface area (Å²) >= 11 is 0. The first-order valence-corrected chi connectivity index (χ1v) is 7.81. The predicted octanol–water partition coefficient (Wildman–Crippen LogP) is 0.315. The molecule has 3 rings (SSSR count). The molecular formula is C15H23N7O. The summed E-state index contributed by atoms with van der Waals surface area (Å²) in [6.45, 7) is 3.54. The van der Waals surface area contributed by atoms with Gasteiger partial charge in [-0.3, -0.25) is 4.90 Å². The Morgan fingerprint density at radius 3 is 2.87 bits per heavy atom. The molecule has 0 bridgehead atoms. The SMILES string of the molecule is CN1CCN(C(=O)NCCn2ccnc2)C[C@@H]1c1nccn1C. The Morgan fingerprint density at radius 1 is 1.30 bits per heavy atom. The number of rotatable bonds is 4. The first-order chi connectivity index (χ1) is 11.1. The van der Waals surface area contributed by atoms with Crippen LogP contribution in [0.25, 0.3) is 0 Å². The van der Waals surface area contributed by atoms with Crippen molar-refractivity contribution in [2.24, 2.45) is 7.05 Å². The van der Waals surface area contributed by atoms with Gasteiger partial charge in [0.2, 0.25) is 0 Å². The Morgan fingerprint density at radius 2 is 2.17 bits per heavy atom. The summed E-state index contributed by atoms with van der Waals surface area (Å²) in [5.41, 5.74) is 0. The summed E-state index contributed by atoms with van der Waals surface area (Å²) in [5.74, 6) is 0.989. The standard InChI is InChI=1S/C15H23N7O/c1-19-9-10-22(11-13(19)14-17-4-6-20(14)2)15(23)18-5-8-21-7-3-16-12-21/h3-4,6-7,12-13H,5,8-11H2,1-2H3,(H,18,23)/t13-/m1/s1. The maximum absolute atomic E-state index is 12.4. The fraction of sp³-hybridized carbons (Fsp3) is 0.533. The van der Waals surface area contributed by atoms with Gasteiger partial charge in [0.1, 0.15) is 5.82 Å². The van der Waals surface area contributed by atoms with Crippen LogP contribution < -0.4 is 5.32 Å². The molecule has 1 saturated heterocycles. The topological polar surface area (TPSA) is 71.2 Å². The van der Waals surface area contributed by atoms with E-state index in [1.165, 1.54) is 0 Å². The lowest BCUT2D eigenvalue weighted by Crippen LogP contribution is -2.52. The van der Waals surface area contributed by atoms with E-state index in [1.54, 1.807) is 18.7 Å². The van der Waals surface area contributed by atoms with Crippen LogP contribution in [0.2, 0.25) is 0 Å². The lowest BCUT2D eigenvalue weighted by Gasteiger charge is -2.38. The third-order valence-electron chi connectivity index (χ3n) is 4.30. The zero-order valence-corrected chi connectivity index (χ0v) is 13.6. The van der Waals surface area contributed by atoms with Crippen molar-refractivity contribution in [1.29, 1.82) is 0 Å². The highest BCUT2D eigenvalue weighted by atomic mass is 16.2. The van der Waals surface area contributed by atoms with Crippen molar-refractivity contribution in [3.05, 3.63) is 36.9 Å². The average molecular weight is 317 g/mol. The van der Waals surface area contributed by atoms with E-state index >= 15 is 0 Å². The van der Waals surface area contributed by atoms with Crippen molar-refractivity contribution in [2.75, 3.05) is 33.2 Å².